The first kappa shape index (κ1) is 32.7. The van der Waals surface area contributed by atoms with Crippen molar-refractivity contribution in [2.75, 3.05) is 14.2 Å². The maximum atomic E-state index is 12.4. The summed E-state index contributed by atoms with van der Waals surface area (Å²) in [6, 6.07) is 0. The predicted octanol–water partition coefficient (Wildman–Crippen LogP) is 3.24. The van der Waals surface area contributed by atoms with Gasteiger partial charge in [0.2, 0.25) is 0 Å². The average molecular weight is 611 g/mol. The van der Waals surface area contributed by atoms with Crippen molar-refractivity contribution in [3.63, 3.8) is 0 Å². The van der Waals surface area contributed by atoms with E-state index in [4.69, 9.17) is 9.47 Å². The molecule has 4 heterocycles. The molecule has 3 N–H and O–H groups in total. The van der Waals surface area contributed by atoms with Crippen LogP contribution in [-0.2, 0) is 41.5 Å². The van der Waals surface area contributed by atoms with Crippen molar-refractivity contribution in [2.45, 2.75) is 53.4 Å². The Hall–Kier alpha value is -5.25. The quantitative estimate of drug-likeness (QED) is 0.334. The van der Waals surface area contributed by atoms with Crippen molar-refractivity contribution in [1.29, 1.82) is 0 Å². The number of amides is 2. The number of hydrogen-bond acceptors (Lipinski definition) is 6. The van der Waals surface area contributed by atoms with Crippen molar-refractivity contribution < 1.29 is 28.7 Å². The van der Waals surface area contributed by atoms with Crippen LogP contribution >= 0.6 is 0 Å². The van der Waals surface area contributed by atoms with Gasteiger partial charge in [-0.2, -0.15) is 0 Å². The Morgan fingerprint density at radius 3 is 1.96 bits per heavy atom. The van der Waals surface area contributed by atoms with Crippen LogP contribution < -0.4 is 16.0 Å². The predicted molar refractivity (Wildman–Crippen MR) is 173 cm³/mol. The standard InChI is InChI=1S/C35H38N4O6/c1-9-22-21(6)34(42)39-29(22)16-27-20(5)25(12-14-33(41)45-8)31(37-27)17-30-24(11-13-32(40)44-7)19(4)26(36-30)15-28-18(3)23(10-2)35(43)38-28/h9-10,15-17,36-37H,1-2,11-14H2,3-8H3,(H,39,42)/b26-15?,29-16+,30-17?. The maximum Gasteiger partial charge on any atom is 0.305 e. The van der Waals surface area contributed by atoms with E-state index in [2.05, 4.69) is 33.4 Å². The molecule has 0 saturated carbocycles. The highest BCUT2D eigenvalue weighted by Crippen LogP contribution is 2.27. The Morgan fingerprint density at radius 1 is 0.756 bits per heavy atom. The molecule has 0 saturated heterocycles. The third-order valence-corrected chi connectivity index (χ3v) is 8.31. The van der Waals surface area contributed by atoms with E-state index in [-0.39, 0.29) is 36.6 Å². The molecule has 10 nitrogen and oxygen atoms in total. The topological polar surface area (TPSA) is 143 Å². The molecular formula is C35H38N4O6. The van der Waals surface area contributed by atoms with E-state index in [1.54, 1.807) is 13.0 Å². The second-order valence-electron chi connectivity index (χ2n) is 10.9. The van der Waals surface area contributed by atoms with Crippen molar-refractivity contribution in [3.05, 3.63) is 97.6 Å². The number of rotatable bonds is 11. The van der Waals surface area contributed by atoms with Gasteiger partial charge in [-0.15, -0.1) is 0 Å². The molecule has 2 aromatic rings. The van der Waals surface area contributed by atoms with E-state index >= 15 is 0 Å². The van der Waals surface area contributed by atoms with Gasteiger partial charge < -0.3 is 24.8 Å². The van der Waals surface area contributed by atoms with Crippen molar-refractivity contribution >= 4 is 47.7 Å². The summed E-state index contributed by atoms with van der Waals surface area (Å²) in [6.45, 7) is 15.1. The Balaban J connectivity index is 1.92. The molecule has 0 atom stereocenters. The summed E-state index contributed by atoms with van der Waals surface area (Å²) in [4.78, 5) is 60.1. The molecule has 2 aliphatic heterocycles. The van der Waals surface area contributed by atoms with Gasteiger partial charge in [-0.05, 0) is 86.6 Å². The SMILES string of the molecule is C=CC1=C(C)C(C=c2[nH]c(=Cc3[nH]c(/C=C4/NC(=O)C(C)=C4C=C)c(C)c3CCC(=O)OC)c(CCC(=O)OC)c2C)=NC1=O. The number of nitrogens with one attached hydrogen (secondary N) is 3. The fraction of sp³-hybridized carbons (Fsp3) is 0.286. The minimum absolute atomic E-state index is 0.167. The molecule has 2 aromatic heterocycles. The summed E-state index contributed by atoms with van der Waals surface area (Å²) < 4.78 is 9.80. The van der Waals surface area contributed by atoms with E-state index in [1.165, 1.54) is 20.3 Å². The van der Waals surface area contributed by atoms with Gasteiger partial charge in [0.15, 0.2) is 0 Å². The second kappa shape index (κ2) is 13.6. The van der Waals surface area contributed by atoms with Crippen LogP contribution in [0.25, 0.3) is 18.2 Å². The van der Waals surface area contributed by atoms with Crippen LogP contribution in [0.4, 0.5) is 0 Å². The van der Waals surface area contributed by atoms with Crippen molar-refractivity contribution in [3.8, 4) is 0 Å². The lowest BCUT2D eigenvalue weighted by Gasteiger charge is -2.04. The molecule has 0 aromatic carbocycles. The van der Waals surface area contributed by atoms with Crippen LogP contribution in [0.2, 0.25) is 0 Å². The molecule has 4 rings (SSSR count). The Labute approximate surface area is 261 Å². The molecule has 0 radical (unpaired) electrons. The molecule has 0 fully saturated rings. The number of nitrogens with zero attached hydrogens (tertiary/aromatic N) is 1. The zero-order valence-electron chi connectivity index (χ0n) is 26.5. The van der Waals surface area contributed by atoms with Gasteiger partial charge in [-0.25, -0.2) is 4.99 Å². The number of ether oxygens (including phenoxy) is 2. The van der Waals surface area contributed by atoms with Crippen molar-refractivity contribution in [2.24, 2.45) is 4.99 Å². The first-order chi connectivity index (χ1) is 21.4. The number of aromatic amines is 2. The monoisotopic (exact) mass is 610 g/mol. The van der Waals surface area contributed by atoms with Gasteiger partial charge in [-0.1, -0.05) is 25.3 Å². The average Bonchev–Trinajstić information content (AvgIpc) is 3.66. The minimum Gasteiger partial charge on any atom is -0.469 e. The van der Waals surface area contributed by atoms with Crippen LogP contribution in [0.1, 0.15) is 60.3 Å². The van der Waals surface area contributed by atoms with E-state index in [0.717, 1.165) is 55.5 Å². The molecule has 234 valence electrons. The summed E-state index contributed by atoms with van der Waals surface area (Å²) in [6.07, 6.45) is 9.92. The molecular weight excluding hydrogens is 572 g/mol. The number of methoxy groups -OCH3 is 2. The highest BCUT2D eigenvalue weighted by atomic mass is 16.5. The molecule has 0 unspecified atom stereocenters. The van der Waals surface area contributed by atoms with Crippen LogP contribution in [0.3, 0.4) is 0 Å². The first-order valence-electron chi connectivity index (χ1n) is 14.5. The largest absolute Gasteiger partial charge is 0.469 e. The highest BCUT2D eigenvalue weighted by Gasteiger charge is 2.23. The van der Waals surface area contributed by atoms with Gasteiger partial charge in [0, 0.05) is 51.6 Å². The third-order valence-electron chi connectivity index (χ3n) is 8.31. The number of carbonyl (C=O) groups excluding carboxylic acids is 4. The smallest absolute Gasteiger partial charge is 0.305 e. The van der Waals surface area contributed by atoms with Crippen LogP contribution in [0, 0.1) is 13.8 Å². The Morgan fingerprint density at radius 2 is 1.38 bits per heavy atom. The molecule has 45 heavy (non-hydrogen) atoms. The molecule has 10 heteroatoms. The zero-order chi connectivity index (χ0) is 33.0. The van der Waals surface area contributed by atoms with Gasteiger partial charge in [-0.3, -0.25) is 19.2 Å². The van der Waals surface area contributed by atoms with E-state index in [1.807, 2.05) is 39.0 Å². The number of H-pyrrole nitrogens is 2. The van der Waals surface area contributed by atoms with Gasteiger partial charge in [0.1, 0.15) is 0 Å². The van der Waals surface area contributed by atoms with Crippen LogP contribution in [0.15, 0.2) is 58.3 Å². The lowest BCUT2D eigenvalue weighted by molar-refractivity contribution is -0.141. The summed E-state index contributed by atoms with van der Waals surface area (Å²) >= 11 is 0. The lowest BCUT2D eigenvalue weighted by Crippen LogP contribution is -2.15. The van der Waals surface area contributed by atoms with E-state index in [0.29, 0.717) is 35.4 Å². The fourth-order valence-corrected chi connectivity index (χ4v) is 5.54. The maximum absolute atomic E-state index is 12.4. The zero-order valence-corrected chi connectivity index (χ0v) is 26.5. The number of aliphatic imine (C=N–C) groups is 1. The lowest BCUT2D eigenvalue weighted by atomic mass is 10.0. The molecule has 0 spiro atoms. The Kier molecular flexibility index (Phi) is 9.86. The van der Waals surface area contributed by atoms with Gasteiger partial charge in [0.05, 0.1) is 25.6 Å². The summed E-state index contributed by atoms with van der Waals surface area (Å²) in [5.74, 6) is -1.19. The second-order valence-corrected chi connectivity index (χ2v) is 10.9. The van der Waals surface area contributed by atoms with Crippen molar-refractivity contribution in [1.82, 2.24) is 15.3 Å². The summed E-state index contributed by atoms with van der Waals surface area (Å²) in [5, 5.41) is 4.38. The Bertz CT molecular complexity index is 1890. The number of carbonyl (C=O) groups is 4. The summed E-state index contributed by atoms with van der Waals surface area (Å²) in [5.41, 5.74) is 8.76. The number of allylic oxidation sites excluding steroid dienone is 2. The van der Waals surface area contributed by atoms with Gasteiger partial charge in [0.25, 0.3) is 11.8 Å². The highest BCUT2D eigenvalue weighted by molar-refractivity contribution is 6.31. The first-order valence-corrected chi connectivity index (χ1v) is 14.5. The van der Waals surface area contributed by atoms with Crippen LogP contribution in [0.5, 0.6) is 0 Å². The molecule has 2 amide bonds. The number of esters is 2. The molecule has 2 aliphatic rings. The fourth-order valence-electron chi connectivity index (χ4n) is 5.54. The molecule has 0 aliphatic carbocycles. The number of hydrogen-bond donors (Lipinski definition) is 3. The third kappa shape index (κ3) is 6.64. The van der Waals surface area contributed by atoms with Gasteiger partial charge >= 0.3 is 11.9 Å². The van der Waals surface area contributed by atoms with E-state index < -0.39 is 0 Å². The van der Waals surface area contributed by atoms with Crippen LogP contribution in [-0.4, -0.2) is 53.7 Å². The minimum atomic E-state index is -0.337. The number of aromatic nitrogens is 2. The normalized spacial score (nSPS) is 16.6. The molecule has 0 bridgehead atoms. The van der Waals surface area contributed by atoms with E-state index in [9.17, 15) is 19.2 Å². The summed E-state index contributed by atoms with van der Waals surface area (Å²) in [7, 11) is 2.71.